The lowest BCUT2D eigenvalue weighted by atomic mass is 9.98. The third-order valence-corrected chi connectivity index (χ3v) is 4.13. The van der Waals surface area contributed by atoms with Crippen LogP contribution in [0, 0.1) is 5.41 Å². The highest BCUT2D eigenvalue weighted by Gasteiger charge is 2.16. The van der Waals surface area contributed by atoms with Crippen molar-refractivity contribution >= 4 is 17.1 Å². The molecule has 1 aliphatic rings. The fourth-order valence-electron chi connectivity index (χ4n) is 2.76. The van der Waals surface area contributed by atoms with Gasteiger partial charge >= 0.3 is 0 Å². The van der Waals surface area contributed by atoms with Gasteiger partial charge in [0.05, 0.1) is 5.71 Å². The number of hydrogen-bond acceptors (Lipinski definition) is 5. The molecule has 2 aromatic carbocycles. The molecule has 1 heterocycles. The summed E-state index contributed by atoms with van der Waals surface area (Å²) in [5.74, 6) is 0.905. The van der Waals surface area contributed by atoms with E-state index in [4.69, 9.17) is 15.9 Å². The predicted molar refractivity (Wildman–Crippen MR) is 94.6 cm³/mol. The quantitative estimate of drug-likeness (QED) is 0.601. The number of hydrogen-bond donors (Lipinski definition) is 3. The molecule has 0 aromatic heterocycles. The van der Waals surface area contributed by atoms with Gasteiger partial charge in [-0.1, -0.05) is 0 Å². The van der Waals surface area contributed by atoms with Gasteiger partial charge in [0.2, 0.25) is 0 Å². The molecule has 0 amide bonds. The molecule has 0 fully saturated rings. The number of anilines is 2. The molecule has 120 valence electrons. The monoisotopic (exact) mass is 310 g/mol. The summed E-state index contributed by atoms with van der Waals surface area (Å²) in [6.07, 6.45) is 0. The minimum Gasteiger partial charge on any atom is -0.492 e. The van der Waals surface area contributed by atoms with Crippen LogP contribution >= 0.6 is 0 Å². The topological polar surface area (TPSA) is 74.4 Å². The lowest BCUT2D eigenvalue weighted by Crippen LogP contribution is -2.20. The van der Waals surface area contributed by atoms with E-state index in [2.05, 4.69) is 17.3 Å². The van der Waals surface area contributed by atoms with Crippen molar-refractivity contribution in [3.63, 3.8) is 0 Å². The van der Waals surface area contributed by atoms with Crippen LogP contribution in [0.15, 0.2) is 36.4 Å². The number of nitrogens with zero attached hydrogens (tertiary/aromatic N) is 1. The summed E-state index contributed by atoms with van der Waals surface area (Å²) >= 11 is 0. The molecule has 23 heavy (non-hydrogen) atoms. The summed E-state index contributed by atoms with van der Waals surface area (Å²) in [5.41, 5.74) is 10.7. The normalized spacial score (nSPS) is 14.5. The van der Waals surface area contributed by atoms with Gasteiger partial charge in [-0.25, -0.2) is 0 Å². The molecule has 3 rings (SSSR count). The highest BCUT2D eigenvalue weighted by atomic mass is 16.5. The minimum absolute atomic E-state index is 0.425. The minimum atomic E-state index is 0.425. The molecule has 0 unspecified atom stereocenters. The van der Waals surface area contributed by atoms with E-state index in [-0.39, 0.29) is 0 Å². The molecule has 0 spiro atoms. The smallest absolute Gasteiger partial charge is 0.123 e. The van der Waals surface area contributed by atoms with Gasteiger partial charge in [-0.3, -0.25) is 10.3 Å². The first-order valence-electron chi connectivity index (χ1n) is 7.69. The number of fused-ring (bicyclic) bond motifs is 1. The lowest BCUT2D eigenvalue weighted by Gasteiger charge is -2.14. The van der Waals surface area contributed by atoms with E-state index in [1.54, 1.807) is 0 Å². The van der Waals surface area contributed by atoms with Gasteiger partial charge in [-0.2, -0.15) is 0 Å². The van der Waals surface area contributed by atoms with E-state index in [0.29, 0.717) is 18.0 Å². The number of nitrogens with one attached hydrogen (secondary N) is 2. The summed E-state index contributed by atoms with van der Waals surface area (Å²) in [7, 11) is 3.93. The molecule has 2 aromatic rings. The Bertz CT molecular complexity index is 742. The zero-order chi connectivity index (χ0) is 16.4. The van der Waals surface area contributed by atoms with Gasteiger partial charge in [0.1, 0.15) is 12.4 Å². The van der Waals surface area contributed by atoms with Crippen molar-refractivity contribution in [1.29, 1.82) is 5.41 Å². The zero-order valence-corrected chi connectivity index (χ0v) is 13.5. The molecule has 0 aliphatic carbocycles. The van der Waals surface area contributed by atoms with Gasteiger partial charge < -0.3 is 15.8 Å². The molecule has 0 bridgehead atoms. The first-order chi connectivity index (χ1) is 11.1. The number of rotatable bonds is 3. The number of nitrogens with two attached hydrogens (primary N) is 1. The van der Waals surface area contributed by atoms with Crippen molar-refractivity contribution in [2.75, 3.05) is 38.3 Å². The zero-order valence-electron chi connectivity index (χ0n) is 13.5. The van der Waals surface area contributed by atoms with E-state index >= 15 is 0 Å². The lowest BCUT2D eigenvalue weighted by molar-refractivity contribution is 0.259. The average Bonchev–Trinajstić information content (AvgIpc) is 2.74. The maximum absolute atomic E-state index is 8.54. The summed E-state index contributed by atoms with van der Waals surface area (Å²) in [4.78, 5) is 2.22. The Morgan fingerprint density at radius 2 is 2.09 bits per heavy atom. The molecule has 5 heteroatoms. The summed E-state index contributed by atoms with van der Waals surface area (Å²) in [6, 6.07) is 11.6. The van der Waals surface area contributed by atoms with E-state index in [1.807, 2.05) is 43.4 Å². The fraction of sp³-hybridized carbons (Fsp3) is 0.278. The van der Waals surface area contributed by atoms with Crippen LogP contribution in [0.4, 0.5) is 11.4 Å². The van der Waals surface area contributed by atoms with Crippen LogP contribution in [0.5, 0.6) is 5.75 Å². The van der Waals surface area contributed by atoms with Gasteiger partial charge in [-0.05, 0) is 43.4 Å². The van der Waals surface area contributed by atoms with Crippen molar-refractivity contribution in [3.8, 4) is 5.75 Å². The molecule has 0 saturated heterocycles. The van der Waals surface area contributed by atoms with E-state index in [0.717, 1.165) is 41.2 Å². The standard InChI is InChI=1S/C18H22N4O/c1-21-14-4-5-16(19)15(10-14)18(20)12-3-6-17-13(9-12)11-22(2)7-8-23-17/h3-6,9-10,20-21H,7-8,11,19H2,1-2H3. The highest BCUT2D eigenvalue weighted by molar-refractivity contribution is 6.14. The second-order valence-corrected chi connectivity index (χ2v) is 5.84. The van der Waals surface area contributed by atoms with Crippen LogP contribution in [0.2, 0.25) is 0 Å². The van der Waals surface area contributed by atoms with Crippen LogP contribution in [0.1, 0.15) is 16.7 Å². The van der Waals surface area contributed by atoms with Crippen molar-refractivity contribution in [2.45, 2.75) is 6.54 Å². The summed E-state index contributed by atoms with van der Waals surface area (Å²) in [5, 5.41) is 11.6. The first-order valence-corrected chi connectivity index (χ1v) is 7.69. The Hall–Kier alpha value is -2.53. The second-order valence-electron chi connectivity index (χ2n) is 5.84. The Morgan fingerprint density at radius 3 is 2.87 bits per heavy atom. The summed E-state index contributed by atoms with van der Waals surface area (Å²) < 4.78 is 5.77. The maximum Gasteiger partial charge on any atom is 0.123 e. The maximum atomic E-state index is 8.54. The Balaban J connectivity index is 1.97. The molecule has 0 atom stereocenters. The van der Waals surface area contributed by atoms with Crippen molar-refractivity contribution in [3.05, 3.63) is 53.1 Å². The predicted octanol–water partition coefficient (Wildman–Crippen LogP) is 2.55. The van der Waals surface area contributed by atoms with Crippen molar-refractivity contribution in [2.24, 2.45) is 0 Å². The van der Waals surface area contributed by atoms with Crippen molar-refractivity contribution in [1.82, 2.24) is 4.90 Å². The Morgan fingerprint density at radius 1 is 1.26 bits per heavy atom. The van der Waals surface area contributed by atoms with Gasteiger partial charge in [0.25, 0.3) is 0 Å². The van der Waals surface area contributed by atoms with Crippen LogP contribution < -0.4 is 15.8 Å². The highest BCUT2D eigenvalue weighted by Crippen LogP contribution is 2.27. The van der Waals surface area contributed by atoms with Crippen molar-refractivity contribution < 1.29 is 4.74 Å². The molecule has 1 aliphatic heterocycles. The fourth-order valence-corrected chi connectivity index (χ4v) is 2.76. The number of ether oxygens (including phenoxy) is 1. The summed E-state index contributed by atoms with van der Waals surface area (Å²) in [6.45, 7) is 2.42. The van der Waals surface area contributed by atoms with Crippen LogP contribution in [-0.2, 0) is 6.54 Å². The van der Waals surface area contributed by atoms with Crippen LogP contribution in [-0.4, -0.2) is 37.9 Å². The molecular formula is C18H22N4O. The van der Waals surface area contributed by atoms with Crippen LogP contribution in [0.25, 0.3) is 0 Å². The SMILES string of the molecule is CNc1ccc(N)c(C(=N)c2ccc3c(c2)CN(C)CCO3)c1. The second kappa shape index (κ2) is 6.30. The Kier molecular flexibility index (Phi) is 4.21. The third-order valence-electron chi connectivity index (χ3n) is 4.13. The molecule has 0 saturated carbocycles. The van der Waals surface area contributed by atoms with E-state index in [9.17, 15) is 0 Å². The van der Waals surface area contributed by atoms with Gasteiger partial charge in [-0.15, -0.1) is 0 Å². The van der Waals surface area contributed by atoms with Gasteiger partial charge in [0.15, 0.2) is 0 Å². The van der Waals surface area contributed by atoms with Gasteiger partial charge in [0, 0.05) is 48.2 Å². The number of nitrogen functional groups attached to an aromatic ring is 1. The molecule has 5 nitrogen and oxygen atoms in total. The molecule has 4 N–H and O–H groups in total. The van der Waals surface area contributed by atoms with E-state index < -0.39 is 0 Å². The molecular weight excluding hydrogens is 288 g/mol. The average molecular weight is 310 g/mol. The van der Waals surface area contributed by atoms with Crippen LogP contribution in [0.3, 0.4) is 0 Å². The Labute approximate surface area is 136 Å². The van der Waals surface area contributed by atoms with E-state index in [1.165, 1.54) is 0 Å². The largest absolute Gasteiger partial charge is 0.492 e. The number of likely N-dealkylation sites (N-methyl/N-ethyl adjacent to an activating group) is 1. The molecule has 0 radical (unpaired) electrons. The number of benzene rings is 2. The first kappa shape index (κ1) is 15.4. The third kappa shape index (κ3) is 3.14.